The van der Waals surface area contributed by atoms with E-state index in [4.69, 9.17) is 0 Å². The lowest BCUT2D eigenvalue weighted by Crippen LogP contribution is -2.34. The summed E-state index contributed by atoms with van der Waals surface area (Å²) in [5.41, 5.74) is 0. The maximum atomic E-state index is 12.3. The molecule has 1 heterocycles. The van der Waals surface area contributed by atoms with E-state index in [0.29, 0.717) is 13.0 Å². The second kappa shape index (κ2) is 4.72. The normalized spacial score (nSPS) is 20.7. The van der Waals surface area contributed by atoms with Crippen LogP contribution >= 0.6 is 0 Å². The molecule has 1 unspecified atom stereocenters. The third-order valence-corrected chi connectivity index (χ3v) is 5.15. The summed E-state index contributed by atoms with van der Waals surface area (Å²) in [6.07, 6.45) is 0.614. The van der Waals surface area contributed by atoms with Crippen molar-refractivity contribution in [3.05, 3.63) is 30.3 Å². The molecule has 1 aliphatic heterocycles. The lowest BCUT2D eigenvalue weighted by atomic mass is 9.95. The van der Waals surface area contributed by atoms with Gasteiger partial charge in [0.05, 0.1) is 4.90 Å². The summed E-state index contributed by atoms with van der Waals surface area (Å²) in [7, 11) is -3.67. The van der Waals surface area contributed by atoms with Gasteiger partial charge in [0.1, 0.15) is 0 Å². The first kappa shape index (κ1) is 13.1. The molecule has 1 amide bonds. The van der Waals surface area contributed by atoms with Crippen LogP contribution in [-0.2, 0) is 14.8 Å². The molecule has 5 heteroatoms. The topological polar surface area (TPSA) is 54.5 Å². The highest BCUT2D eigenvalue weighted by atomic mass is 32.2. The van der Waals surface area contributed by atoms with Gasteiger partial charge in [-0.2, -0.15) is 0 Å². The van der Waals surface area contributed by atoms with E-state index in [1.807, 2.05) is 13.8 Å². The quantitative estimate of drug-likeness (QED) is 0.840. The summed E-state index contributed by atoms with van der Waals surface area (Å²) in [5.74, 6) is -0.272. The van der Waals surface area contributed by atoms with Crippen LogP contribution in [-0.4, -0.2) is 25.2 Å². The second-order valence-corrected chi connectivity index (χ2v) is 6.73. The van der Waals surface area contributed by atoms with Gasteiger partial charge in [-0.05, 0) is 24.5 Å². The standard InChI is InChI=1S/C13H17NO3S/c1-10(2)12-8-9-14(13(12)15)18(16,17)11-6-4-3-5-7-11/h3-7,10,12H,8-9H2,1-2H3. The molecule has 1 aliphatic rings. The van der Waals surface area contributed by atoms with Crippen LogP contribution in [0.1, 0.15) is 20.3 Å². The molecule has 1 atom stereocenters. The van der Waals surface area contributed by atoms with Crippen molar-refractivity contribution in [2.45, 2.75) is 25.2 Å². The summed E-state index contributed by atoms with van der Waals surface area (Å²) < 4.78 is 25.7. The summed E-state index contributed by atoms with van der Waals surface area (Å²) in [6.45, 7) is 4.18. The fourth-order valence-corrected chi connectivity index (χ4v) is 3.73. The van der Waals surface area contributed by atoms with Crippen molar-refractivity contribution >= 4 is 15.9 Å². The Kier molecular flexibility index (Phi) is 3.43. The van der Waals surface area contributed by atoms with Gasteiger partial charge >= 0.3 is 0 Å². The Morgan fingerprint density at radius 2 is 1.83 bits per heavy atom. The summed E-state index contributed by atoms with van der Waals surface area (Å²) >= 11 is 0. The number of hydrogen-bond donors (Lipinski definition) is 0. The Hall–Kier alpha value is -1.36. The van der Waals surface area contributed by atoms with Crippen LogP contribution in [0.4, 0.5) is 0 Å². The lowest BCUT2D eigenvalue weighted by molar-refractivity contribution is -0.128. The van der Waals surface area contributed by atoms with Gasteiger partial charge in [-0.1, -0.05) is 32.0 Å². The Balaban J connectivity index is 2.31. The molecule has 0 bridgehead atoms. The highest BCUT2D eigenvalue weighted by Crippen LogP contribution is 2.29. The van der Waals surface area contributed by atoms with Gasteiger partial charge in [0, 0.05) is 12.5 Å². The minimum Gasteiger partial charge on any atom is -0.273 e. The maximum absolute atomic E-state index is 12.3. The average Bonchev–Trinajstić information content (AvgIpc) is 2.73. The molecule has 1 fully saturated rings. The maximum Gasteiger partial charge on any atom is 0.266 e. The molecule has 1 aromatic carbocycles. The first-order chi connectivity index (χ1) is 8.44. The predicted molar refractivity (Wildman–Crippen MR) is 68.3 cm³/mol. The van der Waals surface area contributed by atoms with Crippen molar-refractivity contribution in [1.82, 2.24) is 4.31 Å². The van der Waals surface area contributed by atoms with Crippen LogP contribution in [0.5, 0.6) is 0 Å². The molecule has 0 spiro atoms. The van der Waals surface area contributed by atoms with E-state index in [1.54, 1.807) is 18.2 Å². The van der Waals surface area contributed by atoms with Gasteiger partial charge in [0.25, 0.3) is 10.0 Å². The predicted octanol–water partition coefficient (Wildman–Crippen LogP) is 1.88. The number of amides is 1. The minimum absolute atomic E-state index is 0.175. The van der Waals surface area contributed by atoms with Gasteiger partial charge < -0.3 is 0 Å². The molecule has 0 radical (unpaired) electrons. The lowest BCUT2D eigenvalue weighted by Gasteiger charge is -2.18. The first-order valence-electron chi connectivity index (χ1n) is 6.06. The molecule has 0 saturated carbocycles. The fraction of sp³-hybridized carbons (Fsp3) is 0.462. The summed E-state index contributed by atoms with van der Waals surface area (Å²) in [4.78, 5) is 12.3. The first-order valence-corrected chi connectivity index (χ1v) is 7.50. The summed E-state index contributed by atoms with van der Waals surface area (Å²) in [6, 6.07) is 8.11. The van der Waals surface area contributed by atoms with E-state index < -0.39 is 10.0 Å². The molecule has 1 aromatic rings. The van der Waals surface area contributed by atoms with Crippen molar-refractivity contribution in [1.29, 1.82) is 0 Å². The molecular weight excluding hydrogens is 250 g/mol. The number of hydrogen-bond acceptors (Lipinski definition) is 3. The molecule has 98 valence electrons. The van der Waals surface area contributed by atoms with Crippen molar-refractivity contribution in [2.75, 3.05) is 6.54 Å². The van der Waals surface area contributed by atoms with E-state index in [9.17, 15) is 13.2 Å². The van der Waals surface area contributed by atoms with E-state index in [1.165, 1.54) is 12.1 Å². The van der Waals surface area contributed by atoms with Gasteiger partial charge in [-0.15, -0.1) is 0 Å². The van der Waals surface area contributed by atoms with Crippen LogP contribution in [0, 0.1) is 11.8 Å². The van der Waals surface area contributed by atoms with Crippen LogP contribution in [0.2, 0.25) is 0 Å². The monoisotopic (exact) mass is 267 g/mol. The number of sulfonamides is 1. The van der Waals surface area contributed by atoms with Crippen molar-refractivity contribution in [3.8, 4) is 0 Å². The molecule has 1 saturated heterocycles. The van der Waals surface area contributed by atoms with Crippen molar-refractivity contribution < 1.29 is 13.2 Å². The third-order valence-electron chi connectivity index (χ3n) is 3.34. The van der Waals surface area contributed by atoms with E-state index >= 15 is 0 Å². The van der Waals surface area contributed by atoms with E-state index in [0.717, 1.165) is 4.31 Å². The molecule has 4 nitrogen and oxygen atoms in total. The Labute approximate surface area is 108 Å². The van der Waals surface area contributed by atoms with Gasteiger partial charge in [0.15, 0.2) is 0 Å². The Bertz CT molecular complexity index is 537. The molecule has 0 N–H and O–H groups in total. The molecule has 18 heavy (non-hydrogen) atoms. The number of benzene rings is 1. The van der Waals surface area contributed by atoms with E-state index in [2.05, 4.69) is 0 Å². The van der Waals surface area contributed by atoms with Crippen LogP contribution in [0.25, 0.3) is 0 Å². The molecule has 2 rings (SSSR count). The van der Waals surface area contributed by atoms with E-state index in [-0.39, 0.29) is 22.6 Å². The zero-order chi connectivity index (χ0) is 13.3. The number of nitrogens with zero attached hydrogens (tertiary/aromatic N) is 1. The molecule has 0 aliphatic carbocycles. The molecule has 0 aromatic heterocycles. The minimum atomic E-state index is -3.67. The largest absolute Gasteiger partial charge is 0.273 e. The van der Waals surface area contributed by atoms with Crippen LogP contribution in [0.3, 0.4) is 0 Å². The SMILES string of the molecule is CC(C)C1CCN(S(=O)(=O)c2ccccc2)C1=O. The highest BCUT2D eigenvalue weighted by molar-refractivity contribution is 7.89. The second-order valence-electron chi connectivity index (χ2n) is 4.87. The van der Waals surface area contributed by atoms with Gasteiger partial charge in [-0.3, -0.25) is 4.79 Å². The number of carbonyl (C=O) groups excluding carboxylic acids is 1. The fourth-order valence-electron chi connectivity index (χ4n) is 2.25. The zero-order valence-electron chi connectivity index (χ0n) is 10.5. The Morgan fingerprint density at radius 3 is 2.33 bits per heavy atom. The van der Waals surface area contributed by atoms with Crippen LogP contribution < -0.4 is 0 Å². The van der Waals surface area contributed by atoms with Crippen molar-refractivity contribution in [3.63, 3.8) is 0 Å². The zero-order valence-corrected chi connectivity index (χ0v) is 11.4. The third kappa shape index (κ3) is 2.14. The van der Waals surface area contributed by atoms with Gasteiger partial charge in [0.2, 0.25) is 5.91 Å². The molecular formula is C13H17NO3S. The average molecular weight is 267 g/mol. The number of carbonyl (C=O) groups is 1. The smallest absolute Gasteiger partial charge is 0.266 e. The number of rotatable bonds is 3. The highest BCUT2D eigenvalue weighted by Gasteiger charge is 2.40. The summed E-state index contributed by atoms with van der Waals surface area (Å²) in [5, 5.41) is 0. The van der Waals surface area contributed by atoms with Gasteiger partial charge in [-0.25, -0.2) is 12.7 Å². The van der Waals surface area contributed by atoms with Crippen LogP contribution in [0.15, 0.2) is 35.2 Å². The Morgan fingerprint density at radius 1 is 1.22 bits per heavy atom. The van der Waals surface area contributed by atoms with Crippen molar-refractivity contribution in [2.24, 2.45) is 11.8 Å².